The molecule has 4 fully saturated rings. The molecule has 8 amide bonds. The first-order valence-electron chi connectivity index (χ1n) is 32.7. The van der Waals surface area contributed by atoms with Crippen LogP contribution >= 0.6 is 15.9 Å². The summed E-state index contributed by atoms with van der Waals surface area (Å²) in [6.45, 7) is 6.44. The van der Waals surface area contributed by atoms with Crippen molar-refractivity contribution in [1.29, 1.82) is 0 Å². The predicted octanol–water partition coefficient (Wildman–Crippen LogP) is -0.905. The molecule has 4 saturated heterocycles. The van der Waals surface area contributed by atoms with Gasteiger partial charge in [0.25, 0.3) is 0 Å². The average molecular weight is 1390 g/mol. The monoisotopic (exact) mass is 1390 g/mol. The number of hydrogen-bond donors (Lipinski definition) is 13. The molecular weight excluding hydrogens is 1280 g/mol. The van der Waals surface area contributed by atoms with Gasteiger partial charge in [-0.15, -0.1) is 4.52 Å². The topological polar surface area (TPSA) is 465 Å². The Bertz CT molecular complexity index is 2430. The maximum Gasteiger partial charge on any atom is 0.699 e. The average Bonchev–Trinajstić information content (AvgIpc) is 1.15. The summed E-state index contributed by atoms with van der Waals surface area (Å²) in [6, 6.07) is -4.08. The van der Waals surface area contributed by atoms with Crippen LogP contribution in [0.5, 0.6) is 0 Å². The number of nitrogens with zero attached hydrogens (tertiary/aromatic N) is 2. The van der Waals surface area contributed by atoms with Crippen LogP contribution in [0.2, 0.25) is 0 Å². The van der Waals surface area contributed by atoms with Crippen molar-refractivity contribution in [3.8, 4) is 0 Å². The van der Waals surface area contributed by atoms with E-state index >= 15 is 0 Å². The van der Waals surface area contributed by atoms with Crippen LogP contribution in [0, 0.1) is 5.92 Å². The normalized spacial score (nSPS) is 27.2. The fourth-order valence-electron chi connectivity index (χ4n) is 11.5. The lowest BCUT2D eigenvalue weighted by molar-refractivity contribution is -0.270. The Balaban J connectivity index is 1.18. The van der Waals surface area contributed by atoms with Crippen LogP contribution in [0.1, 0.15) is 150 Å². The second kappa shape index (κ2) is 43.7. The first-order chi connectivity index (χ1) is 44.8. The van der Waals surface area contributed by atoms with Gasteiger partial charge in [0, 0.05) is 104 Å². The number of likely N-dealkylation sites (tertiary alicyclic amines) is 2. The zero-order valence-electron chi connectivity index (χ0n) is 54.8. The number of aliphatic hydroxyl groups excluding tert-OH is 7. The van der Waals surface area contributed by atoms with E-state index in [1.165, 1.54) is 32.3 Å². The number of carbonyl (C=O) groups is 8. The molecule has 4 aliphatic rings. The zero-order chi connectivity index (χ0) is 69.3. The van der Waals surface area contributed by atoms with E-state index in [0.717, 1.165) is 12.8 Å². The first kappa shape index (κ1) is 81.9. The number of rotatable bonds is 45. The minimum absolute atomic E-state index is 0.00249. The predicted molar refractivity (Wildman–Crippen MR) is 333 cm³/mol. The van der Waals surface area contributed by atoms with E-state index in [0.29, 0.717) is 83.7 Å². The summed E-state index contributed by atoms with van der Waals surface area (Å²) in [7, 11) is -6.54. The standard InChI is InChI=1S/C59H104N8O25P2/c1-37-28-42(35-87-93(83)88-36-89-94(5,84)92-43-29-41(32-68)67(31-43)50(77)22-8-6-13-23-60-38(2)71)66(30-37)49(76)21-9-7-14-25-62-57(82)44(65-48(75)20-12-17-27-86-59-52(64-40(4)73)56(81)54(79)46(34-70)91-59)18-10-15-24-61-47(74)19-11-16-26-85-58-51(63-39(3)72)55(80)53(78)45(33-69)90-58/h37,41-46,51-56,58-59,68-70,78-81H,6-36H2,1-5H3,(H5-,60,61,62,63,64,65,71,72,73,74,75,82)/p+1/t37-,41+,42+,43-,44+,45?,46?,51?,52?,53?,54?,55?,56?,58?,59?,94?/m1/s1. The number of ether oxygens (including phenoxy) is 4. The molecule has 0 spiro atoms. The van der Waals surface area contributed by atoms with Crippen molar-refractivity contribution in [2.75, 3.05) is 85.8 Å². The van der Waals surface area contributed by atoms with Crippen molar-refractivity contribution >= 4 is 63.1 Å². The van der Waals surface area contributed by atoms with Crippen LogP contribution in [-0.4, -0.2) is 264 Å². The van der Waals surface area contributed by atoms with Crippen LogP contribution in [0.15, 0.2) is 0 Å². The third-order valence-corrected chi connectivity index (χ3v) is 18.3. The van der Waals surface area contributed by atoms with E-state index in [1.807, 2.05) is 6.92 Å². The summed E-state index contributed by atoms with van der Waals surface area (Å²) in [6.07, 6.45) is -3.69. The molecule has 12 unspecified atom stereocenters. The maximum absolute atomic E-state index is 13.6. The summed E-state index contributed by atoms with van der Waals surface area (Å²) in [4.78, 5) is 104. The van der Waals surface area contributed by atoms with Crippen molar-refractivity contribution in [3.63, 3.8) is 0 Å². The van der Waals surface area contributed by atoms with Crippen molar-refractivity contribution in [2.45, 2.75) is 235 Å². The van der Waals surface area contributed by atoms with Gasteiger partial charge in [-0.1, -0.05) is 24.3 Å². The van der Waals surface area contributed by atoms with E-state index in [4.69, 9.17) is 37.0 Å². The quantitative estimate of drug-likeness (QED) is 0.0199. The molecular formula is C59H105N8O25P2+. The van der Waals surface area contributed by atoms with Crippen LogP contribution in [-0.2, 0) is 84.5 Å². The Morgan fingerprint density at radius 1 is 0.585 bits per heavy atom. The number of amides is 8. The molecule has 0 aromatic heterocycles. The molecule has 33 nitrogen and oxygen atoms in total. The highest BCUT2D eigenvalue weighted by atomic mass is 31.2. The van der Waals surface area contributed by atoms with Gasteiger partial charge in [-0.3, -0.25) is 47.4 Å². The molecule has 17 atom stereocenters. The molecule has 0 bridgehead atoms. The molecule has 540 valence electrons. The molecule has 4 aliphatic heterocycles. The van der Waals surface area contributed by atoms with E-state index < -0.39 is 145 Å². The molecule has 0 radical (unpaired) electrons. The van der Waals surface area contributed by atoms with Gasteiger partial charge in [0.2, 0.25) is 54.1 Å². The second-order valence-electron chi connectivity index (χ2n) is 24.4. The number of hydrogen-bond acceptors (Lipinski definition) is 25. The lowest BCUT2D eigenvalue weighted by Crippen LogP contribution is -2.64. The Morgan fingerprint density at radius 3 is 1.63 bits per heavy atom. The molecule has 0 aromatic carbocycles. The van der Waals surface area contributed by atoms with Gasteiger partial charge in [0.15, 0.2) is 12.6 Å². The Kier molecular flexibility index (Phi) is 38.1. The van der Waals surface area contributed by atoms with Gasteiger partial charge in [-0.2, -0.15) is 0 Å². The van der Waals surface area contributed by atoms with Gasteiger partial charge in [-0.05, 0) is 89.4 Å². The third-order valence-electron chi connectivity index (χ3n) is 16.4. The van der Waals surface area contributed by atoms with Crippen molar-refractivity contribution < 1.29 is 120 Å². The SMILES string of the molecule is CC(=O)NCCCCCC(=O)N1C[C@H](OP(C)(=O)OCO[P+](=O)OC[C@@H]2C[C@@H](C)CN2C(=O)CCCCCNC(=O)[C@H](CCCCNC(=O)CCCCOC2OC(CO)C(O)C(O)C2NC(C)=O)NC(=O)CCCCOC2OC(CO)C(O)C(O)C2NC(C)=O)C[C@H]1CO. The van der Waals surface area contributed by atoms with Gasteiger partial charge in [0.1, 0.15) is 61.4 Å². The number of nitrogens with one attached hydrogen (secondary N) is 6. The summed E-state index contributed by atoms with van der Waals surface area (Å²) in [5.74, 6) is -2.40. The second-order valence-corrected chi connectivity index (χ2v) is 27.4. The van der Waals surface area contributed by atoms with Gasteiger partial charge >= 0.3 is 15.9 Å². The number of aliphatic hydroxyl groups is 7. The van der Waals surface area contributed by atoms with E-state index in [9.17, 15) is 83.2 Å². The maximum atomic E-state index is 13.6. The largest absolute Gasteiger partial charge is 0.699 e. The van der Waals surface area contributed by atoms with Crippen LogP contribution in [0.3, 0.4) is 0 Å². The molecule has 94 heavy (non-hydrogen) atoms. The minimum Gasteiger partial charge on any atom is -0.394 e. The number of carbonyl (C=O) groups excluding carboxylic acids is 8. The van der Waals surface area contributed by atoms with Crippen LogP contribution < -0.4 is 31.9 Å². The molecule has 0 aliphatic carbocycles. The third kappa shape index (κ3) is 29.7. The van der Waals surface area contributed by atoms with E-state index in [-0.39, 0.29) is 114 Å². The highest BCUT2D eigenvalue weighted by molar-refractivity contribution is 7.53. The molecule has 0 saturated carbocycles. The summed E-state index contributed by atoms with van der Waals surface area (Å²) in [5.41, 5.74) is 0. The molecule has 4 rings (SSSR count). The summed E-state index contributed by atoms with van der Waals surface area (Å²) < 4.78 is 70.2. The fourth-order valence-corrected chi connectivity index (χ4v) is 13.0. The summed E-state index contributed by atoms with van der Waals surface area (Å²) in [5, 5.41) is 86.9. The van der Waals surface area contributed by atoms with Gasteiger partial charge < -0.3 is 101 Å². The molecule has 13 N–H and O–H groups in total. The molecule has 4 heterocycles. The summed E-state index contributed by atoms with van der Waals surface area (Å²) >= 11 is 0. The Morgan fingerprint density at radius 2 is 1.10 bits per heavy atom. The van der Waals surface area contributed by atoms with Gasteiger partial charge in [0.05, 0.1) is 38.0 Å². The smallest absolute Gasteiger partial charge is 0.394 e. The number of unbranched alkanes of at least 4 members (excludes halogenated alkanes) is 7. The molecule has 0 aromatic rings. The Labute approximate surface area is 550 Å². The van der Waals surface area contributed by atoms with Crippen LogP contribution in [0.4, 0.5) is 0 Å². The highest BCUT2D eigenvalue weighted by Gasteiger charge is 2.47. The van der Waals surface area contributed by atoms with E-state index in [1.54, 1.807) is 4.90 Å². The zero-order valence-corrected chi connectivity index (χ0v) is 56.6. The minimum atomic E-state index is -3.79. The van der Waals surface area contributed by atoms with Crippen molar-refractivity contribution in [3.05, 3.63) is 0 Å². The fraction of sp³-hybridized carbons (Fsp3) is 0.864. The van der Waals surface area contributed by atoms with E-state index in [2.05, 4.69) is 31.9 Å². The lowest BCUT2D eigenvalue weighted by atomic mass is 9.97. The van der Waals surface area contributed by atoms with Crippen molar-refractivity contribution in [1.82, 2.24) is 41.7 Å². The lowest BCUT2D eigenvalue weighted by Gasteiger charge is -2.42. The Hall–Kier alpha value is -4.51. The first-order valence-corrected chi connectivity index (χ1v) is 35.8. The highest BCUT2D eigenvalue weighted by Crippen LogP contribution is 2.48. The van der Waals surface area contributed by atoms with Crippen LogP contribution in [0.25, 0.3) is 0 Å². The van der Waals surface area contributed by atoms with Crippen molar-refractivity contribution in [2.24, 2.45) is 5.92 Å². The molecule has 35 heteroatoms. The van der Waals surface area contributed by atoms with Gasteiger partial charge in [-0.25, -0.2) is 0 Å².